The summed E-state index contributed by atoms with van der Waals surface area (Å²) >= 11 is 0. The Labute approximate surface area is 77.8 Å². The molecule has 1 aliphatic heterocycles. The molecule has 1 saturated carbocycles. The van der Waals surface area contributed by atoms with Crippen LogP contribution in [0.25, 0.3) is 0 Å². The number of carbonyl (C=O) groups is 1. The number of guanidine groups is 1. The number of hydrogen-bond acceptors (Lipinski definition) is 2. The fourth-order valence-electron chi connectivity index (χ4n) is 2.27. The van der Waals surface area contributed by atoms with Crippen LogP contribution in [0, 0.1) is 5.92 Å². The van der Waals surface area contributed by atoms with E-state index in [0.29, 0.717) is 11.9 Å². The van der Waals surface area contributed by atoms with Crippen LogP contribution >= 0.6 is 0 Å². The number of amides is 1. The molecule has 0 aromatic carbocycles. The van der Waals surface area contributed by atoms with Gasteiger partial charge in [0.1, 0.15) is 5.54 Å². The largest absolute Gasteiger partial charge is 0.342 e. The first-order chi connectivity index (χ1) is 6.16. The molecule has 2 rings (SSSR count). The number of aliphatic imine (C=N–C) groups is 1. The molecule has 0 aromatic heterocycles. The number of nitrogens with zero attached hydrogens (tertiary/aromatic N) is 1. The van der Waals surface area contributed by atoms with Gasteiger partial charge in [0.05, 0.1) is 0 Å². The maximum atomic E-state index is 11.7. The quantitative estimate of drug-likeness (QED) is 0.563. The van der Waals surface area contributed by atoms with Gasteiger partial charge in [0.15, 0.2) is 5.96 Å². The molecule has 1 aliphatic carbocycles. The Morgan fingerprint density at radius 3 is 2.85 bits per heavy atom. The summed E-state index contributed by atoms with van der Waals surface area (Å²) in [5.74, 6) is 1.35. The predicted molar refractivity (Wildman–Crippen MR) is 50.4 cm³/mol. The molecule has 1 amide bonds. The highest BCUT2D eigenvalue weighted by molar-refractivity contribution is 6.09. The maximum Gasteiger partial charge on any atom is 0.252 e. The average molecular weight is 181 g/mol. The first-order valence-corrected chi connectivity index (χ1v) is 4.73. The Kier molecular flexibility index (Phi) is 1.78. The smallest absolute Gasteiger partial charge is 0.252 e. The third-order valence-electron chi connectivity index (χ3n) is 3.01. The van der Waals surface area contributed by atoms with E-state index in [2.05, 4.69) is 22.5 Å². The van der Waals surface area contributed by atoms with Gasteiger partial charge in [-0.2, -0.15) is 0 Å². The van der Waals surface area contributed by atoms with E-state index < -0.39 is 0 Å². The number of rotatable bonds is 0. The van der Waals surface area contributed by atoms with Crippen LogP contribution in [-0.4, -0.2) is 24.5 Å². The lowest BCUT2D eigenvalue weighted by Crippen LogP contribution is -2.44. The van der Waals surface area contributed by atoms with E-state index in [-0.39, 0.29) is 11.4 Å². The fourth-order valence-corrected chi connectivity index (χ4v) is 2.27. The van der Waals surface area contributed by atoms with Gasteiger partial charge in [-0.1, -0.05) is 6.92 Å². The Bertz CT molecular complexity index is 274. The van der Waals surface area contributed by atoms with Crippen molar-refractivity contribution in [3.05, 3.63) is 0 Å². The van der Waals surface area contributed by atoms with Gasteiger partial charge < -0.3 is 5.32 Å². The average Bonchev–Trinajstić information content (AvgIpc) is 2.60. The molecular formula is C9H15N3O. The molecule has 1 saturated heterocycles. The fraction of sp³-hybridized carbons (Fsp3) is 0.778. The Balaban J connectivity index is 2.21. The van der Waals surface area contributed by atoms with Gasteiger partial charge in [-0.15, -0.1) is 0 Å². The highest BCUT2D eigenvalue weighted by Gasteiger charge is 2.48. The third kappa shape index (κ3) is 1.20. The summed E-state index contributed by atoms with van der Waals surface area (Å²) in [7, 11) is 1.68. The van der Waals surface area contributed by atoms with E-state index in [0.717, 1.165) is 19.3 Å². The molecule has 13 heavy (non-hydrogen) atoms. The summed E-state index contributed by atoms with van der Waals surface area (Å²) in [6.45, 7) is 2.19. The molecule has 2 fully saturated rings. The number of nitrogens with one attached hydrogen (secondary N) is 2. The summed E-state index contributed by atoms with van der Waals surface area (Å²) in [5.41, 5.74) is -0.339. The minimum atomic E-state index is -0.339. The van der Waals surface area contributed by atoms with Crippen LogP contribution in [0.1, 0.15) is 26.2 Å². The molecule has 4 heteroatoms. The van der Waals surface area contributed by atoms with Gasteiger partial charge in [0.2, 0.25) is 0 Å². The van der Waals surface area contributed by atoms with Crippen molar-refractivity contribution in [2.45, 2.75) is 31.7 Å². The molecule has 4 nitrogen and oxygen atoms in total. The minimum Gasteiger partial charge on any atom is -0.342 e. The van der Waals surface area contributed by atoms with Crippen LogP contribution in [-0.2, 0) is 4.79 Å². The molecule has 2 N–H and O–H groups in total. The van der Waals surface area contributed by atoms with Crippen molar-refractivity contribution in [2.24, 2.45) is 10.9 Å². The minimum absolute atomic E-state index is 0.0949. The molecule has 1 heterocycles. The van der Waals surface area contributed by atoms with E-state index >= 15 is 0 Å². The van der Waals surface area contributed by atoms with Crippen molar-refractivity contribution in [1.82, 2.24) is 10.6 Å². The van der Waals surface area contributed by atoms with Crippen molar-refractivity contribution in [3.8, 4) is 0 Å². The highest BCUT2D eigenvalue weighted by Crippen LogP contribution is 2.35. The first kappa shape index (κ1) is 8.53. The topological polar surface area (TPSA) is 53.5 Å². The lowest BCUT2D eigenvalue weighted by Gasteiger charge is -2.19. The molecule has 2 atom stereocenters. The lowest BCUT2D eigenvalue weighted by molar-refractivity contribution is -0.123. The normalized spacial score (nSPS) is 41.2. The van der Waals surface area contributed by atoms with Gasteiger partial charge in [-0.05, 0) is 25.2 Å². The van der Waals surface area contributed by atoms with Crippen LogP contribution < -0.4 is 10.6 Å². The van der Waals surface area contributed by atoms with Crippen molar-refractivity contribution in [3.63, 3.8) is 0 Å². The summed E-state index contributed by atoms with van der Waals surface area (Å²) in [4.78, 5) is 15.6. The van der Waals surface area contributed by atoms with Crippen molar-refractivity contribution in [2.75, 3.05) is 7.05 Å². The van der Waals surface area contributed by atoms with Crippen molar-refractivity contribution < 1.29 is 4.79 Å². The number of carbonyl (C=O) groups excluding carboxylic acids is 1. The molecule has 2 unspecified atom stereocenters. The summed E-state index contributed by atoms with van der Waals surface area (Å²) in [6.07, 6.45) is 2.98. The van der Waals surface area contributed by atoms with E-state index in [1.165, 1.54) is 0 Å². The Morgan fingerprint density at radius 1 is 1.62 bits per heavy atom. The molecular weight excluding hydrogens is 166 g/mol. The van der Waals surface area contributed by atoms with E-state index in [9.17, 15) is 4.79 Å². The molecule has 72 valence electrons. The Hall–Kier alpha value is -1.06. The molecule has 2 aliphatic rings. The Morgan fingerprint density at radius 2 is 2.38 bits per heavy atom. The van der Waals surface area contributed by atoms with Crippen LogP contribution in [0.4, 0.5) is 0 Å². The van der Waals surface area contributed by atoms with Crippen LogP contribution in [0.5, 0.6) is 0 Å². The molecule has 0 bridgehead atoms. The summed E-state index contributed by atoms with van der Waals surface area (Å²) in [5, 5.41) is 5.94. The van der Waals surface area contributed by atoms with Crippen LogP contribution in [0.2, 0.25) is 0 Å². The second-order valence-electron chi connectivity index (χ2n) is 4.08. The first-order valence-electron chi connectivity index (χ1n) is 4.73. The zero-order chi connectivity index (χ0) is 9.47. The maximum absolute atomic E-state index is 11.7. The summed E-state index contributed by atoms with van der Waals surface area (Å²) in [6, 6.07) is 0. The van der Waals surface area contributed by atoms with E-state index in [1.54, 1.807) is 7.05 Å². The van der Waals surface area contributed by atoms with Crippen LogP contribution in [0.3, 0.4) is 0 Å². The zero-order valence-electron chi connectivity index (χ0n) is 8.05. The monoisotopic (exact) mass is 181 g/mol. The lowest BCUT2D eigenvalue weighted by atomic mass is 9.97. The van der Waals surface area contributed by atoms with Gasteiger partial charge in [0, 0.05) is 7.05 Å². The van der Waals surface area contributed by atoms with Crippen molar-refractivity contribution >= 4 is 11.9 Å². The van der Waals surface area contributed by atoms with Crippen LogP contribution in [0.15, 0.2) is 4.99 Å². The zero-order valence-corrected chi connectivity index (χ0v) is 8.05. The SMILES string of the molecule is CN=C1NC(=O)C2(CCC(C)C2)N1. The van der Waals surface area contributed by atoms with Crippen molar-refractivity contribution in [1.29, 1.82) is 0 Å². The van der Waals surface area contributed by atoms with Gasteiger partial charge in [-0.3, -0.25) is 15.1 Å². The summed E-state index contributed by atoms with van der Waals surface area (Å²) < 4.78 is 0. The highest BCUT2D eigenvalue weighted by atomic mass is 16.2. The molecule has 0 aromatic rings. The molecule has 1 spiro atoms. The standard InChI is InChI=1S/C9H15N3O/c1-6-3-4-9(5-6)7(13)11-8(10-2)12-9/h6H,3-5H2,1-2H3,(H2,10,11,12,13). The predicted octanol–water partition coefficient (Wildman–Crippen LogP) is 0.250. The van der Waals surface area contributed by atoms with Gasteiger partial charge in [-0.25, -0.2) is 0 Å². The van der Waals surface area contributed by atoms with E-state index in [1.807, 2.05) is 0 Å². The van der Waals surface area contributed by atoms with Gasteiger partial charge >= 0.3 is 0 Å². The van der Waals surface area contributed by atoms with E-state index in [4.69, 9.17) is 0 Å². The number of hydrogen-bond donors (Lipinski definition) is 2. The third-order valence-corrected chi connectivity index (χ3v) is 3.01. The second-order valence-corrected chi connectivity index (χ2v) is 4.08. The molecule has 0 radical (unpaired) electrons. The van der Waals surface area contributed by atoms with Gasteiger partial charge in [0.25, 0.3) is 5.91 Å². The second kappa shape index (κ2) is 2.72.